The standard InChI is InChI=1S/C14H19N5OS/c1-14(2)4-3-12-10(6-14)5-11(21-12)7-15-13(20)8-19-9-16-17-18-19/h5,9H,3-4,6-8H2,1-2H3,(H,15,20). The van der Waals surface area contributed by atoms with Crippen molar-refractivity contribution in [3.63, 3.8) is 0 Å². The number of hydrogen-bond donors (Lipinski definition) is 1. The molecule has 1 amide bonds. The van der Waals surface area contributed by atoms with Crippen LogP contribution in [0.4, 0.5) is 0 Å². The van der Waals surface area contributed by atoms with E-state index in [1.165, 1.54) is 32.7 Å². The summed E-state index contributed by atoms with van der Waals surface area (Å²) in [6.45, 7) is 5.38. The van der Waals surface area contributed by atoms with E-state index in [0.29, 0.717) is 12.0 Å². The summed E-state index contributed by atoms with van der Waals surface area (Å²) in [6.07, 6.45) is 4.97. The molecule has 0 fully saturated rings. The molecule has 0 saturated carbocycles. The molecule has 0 aliphatic heterocycles. The lowest BCUT2D eigenvalue weighted by atomic mass is 9.77. The van der Waals surface area contributed by atoms with Crippen molar-refractivity contribution < 1.29 is 4.79 Å². The molecule has 0 atom stereocenters. The number of tetrazole rings is 1. The fraction of sp³-hybridized carbons (Fsp3) is 0.571. The van der Waals surface area contributed by atoms with E-state index in [9.17, 15) is 4.79 Å². The highest BCUT2D eigenvalue weighted by atomic mass is 32.1. The Morgan fingerprint density at radius 1 is 1.52 bits per heavy atom. The zero-order valence-electron chi connectivity index (χ0n) is 12.3. The van der Waals surface area contributed by atoms with E-state index in [2.05, 4.69) is 40.8 Å². The maximum Gasteiger partial charge on any atom is 0.242 e. The molecule has 7 heteroatoms. The highest BCUT2D eigenvalue weighted by Crippen LogP contribution is 2.38. The molecule has 1 N–H and O–H groups in total. The Morgan fingerprint density at radius 3 is 3.14 bits per heavy atom. The van der Waals surface area contributed by atoms with E-state index < -0.39 is 0 Å². The second-order valence-corrected chi connectivity index (χ2v) is 7.51. The number of aryl methyl sites for hydroxylation is 1. The van der Waals surface area contributed by atoms with Gasteiger partial charge in [-0.05, 0) is 46.7 Å². The predicted molar refractivity (Wildman–Crippen MR) is 79.8 cm³/mol. The van der Waals surface area contributed by atoms with Crippen molar-refractivity contribution in [2.24, 2.45) is 5.41 Å². The molecule has 21 heavy (non-hydrogen) atoms. The molecule has 0 unspecified atom stereocenters. The van der Waals surface area contributed by atoms with Crippen LogP contribution in [0, 0.1) is 5.41 Å². The molecule has 1 aliphatic rings. The summed E-state index contributed by atoms with van der Waals surface area (Å²) in [5.74, 6) is -0.0750. The van der Waals surface area contributed by atoms with Crippen LogP contribution in [0.15, 0.2) is 12.4 Å². The van der Waals surface area contributed by atoms with Crippen LogP contribution < -0.4 is 5.32 Å². The van der Waals surface area contributed by atoms with Crippen LogP contribution in [0.3, 0.4) is 0 Å². The van der Waals surface area contributed by atoms with E-state index in [1.54, 1.807) is 0 Å². The summed E-state index contributed by atoms with van der Waals surface area (Å²) in [6, 6.07) is 2.25. The molecule has 0 aromatic carbocycles. The van der Waals surface area contributed by atoms with Crippen LogP contribution in [0.25, 0.3) is 0 Å². The van der Waals surface area contributed by atoms with E-state index in [-0.39, 0.29) is 12.5 Å². The van der Waals surface area contributed by atoms with E-state index >= 15 is 0 Å². The Hall–Kier alpha value is -1.76. The third kappa shape index (κ3) is 3.47. The van der Waals surface area contributed by atoms with Crippen LogP contribution in [0.5, 0.6) is 0 Å². The van der Waals surface area contributed by atoms with Crippen molar-refractivity contribution in [3.05, 3.63) is 27.7 Å². The molecule has 3 rings (SSSR count). The number of nitrogens with one attached hydrogen (secondary N) is 1. The van der Waals surface area contributed by atoms with E-state index in [4.69, 9.17) is 0 Å². The molecular weight excluding hydrogens is 286 g/mol. The van der Waals surface area contributed by atoms with Gasteiger partial charge in [-0.15, -0.1) is 16.4 Å². The first kappa shape index (κ1) is 14.2. The van der Waals surface area contributed by atoms with Gasteiger partial charge in [-0.3, -0.25) is 4.79 Å². The van der Waals surface area contributed by atoms with Crippen LogP contribution >= 0.6 is 11.3 Å². The summed E-state index contributed by atoms with van der Waals surface area (Å²) in [4.78, 5) is 14.5. The zero-order valence-corrected chi connectivity index (χ0v) is 13.1. The number of nitrogens with zero attached hydrogens (tertiary/aromatic N) is 4. The predicted octanol–water partition coefficient (Wildman–Crippen LogP) is 1.57. The summed E-state index contributed by atoms with van der Waals surface area (Å²) in [5.41, 5.74) is 1.86. The minimum Gasteiger partial charge on any atom is -0.350 e. The van der Waals surface area contributed by atoms with Crippen LogP contribution in [-0.2, 0) is 30.7 Å². The molecule has 6 nitrogen and oxygen atoms in total. The van der Waals surface area contributed by atoms with E-state index in [0.717, 1.165) is 12.8 Å². The van der Waals surface area contributed by atoms with Gasteiger partial charge >= 0.3 is 0 Å². The van der Waals surface area contributed by atoms with Crippen molar-refractivity contribution in [2.45, 2.75) is 46.2 Å². The molecular formula is C14H19N5OS. The number of rotatable bonds is 4. The van der Waals surface area contributed by atoms with Crippen molar-refractivity contribution in [3.8, 4) is 0 Å². The summed E-state index contributed by atoms with van der Waals surface area (Å²) >= 11 is 1.82. The molecule has 0 saturated heterocycles. The third-order valence-electron chi connectivity index (χ3n) is 3.80. The highest BCUT2D eigenvalue weighted by molar-refractivity contribution is 7.12. The molecule has 0 spiro atoms. The van der Waals surface area contributed by atoms with Crippen LogP contribution in [-0.4, -0.2) is 26.1 Å². The molecule has 2 aromatic rings. The second-order valence-electron chi connectivity index (χ2n) is 6.29. The van der Waals surface area contributed by atoms with Crippen LogP contribution in [0.2, 0.25) is 0 Å². The number of carbonyl (C=O) groups is 1. The van der Waals surface area contributed by atoms with Gasteiger partial charge in [-0.2, -0.15) is 0 Å². The highest BCUT2D eigenvalue weighted by Gasteiger charge is 2.26. The van der Waals surface area contributed by atoms with Gasteiger partial charge in [-0.25, -0.2) is 4.68 Å². The van der Waals surface area contributed by atoms with Gasteiger partial charge in [0, 0.05) is 9.75 Å². The minimum absolute atomic E-state index is 0.0750. The van der Waals surface area contributed by atoms with Gasteiger partial charge < -0.3 is 5.32 Å². The lowest BCUT2D eigenvalue weighted by Crippen LogP contribution is -2.27. The first-order valence-corrected chi connectivity index (χ1v) is 7.91. The molecule has 1 aliphatic carbocycles. The molecule has 2 heterocycles. The largest absolute Gasteiger partial charge is 0.350 e. The third-order valence-corrected chi connectivity index (χ3v) is 5.04. The number of amides is 1. The maximum absolute atomic E-state index is 11.8. The van der Waals surface area contributed by atoms with Crippen molar-refractivity contribution in [1.29, 1.82) is 0 Å². The molecule has 0 radical (unpaired) electrons. The normalized spacial score (nSPS) is 16.5. The Labute approximate surface area is 127 Å². The first-order valence-electron chi connectivity index (χ1n) is 7.10. The summed E-state index contributed by atoms with van der Waals surface area (Å²) in [5, 5.41) is 13.6. The number of hydrogen-bond acceptors (Lipinski definition) is 5. The average Bonchev–Trinajstić information content (AvgIpc) is 3.04. The minimum atomic E-state index is -0.0750. The Kier molecular flexibility index (Phi) is 3.75. The lowest BCUT2D eigenvalue weighted by molar-refractivity contribution is -0.122. The monoisotopic (exact) mass is 305 g/mol. The number of fused-ring (bicyclic) bond motifs is 1. The Balaban J connectivity index is 1.57. The second kappa shape index (κ2) is 5.55. The SMILES string of the molecule is CC1(C)CCc2sc(CNC(=O)Cn3cnnn3)cc2C1. The molecule has 112 valence electrons. The number of thiophene rings is 1. The van der Waals surface area contributed by atoms with Gasteiger partial charge in [-0.1, -0.05) is 13.8 Å². The number of aromatic nitrogens is 4. The zero-order chi connectivity index (χ0) is 14.9. The molecule has 2 aromatic heterocycles. The topological polar surface area (TPSA) is 72.7 Å². The smallest absolute Gasteiger partial charge is 0.242 e. The first-order chi connectivity index (χ1) is 10.0. The number of carbonyl (C=O) groups excluding carboxylic acids is 1. The van der Waals surface area contributed by atoms with E-state index in [1.807, 2.05) is 11.3 Å². The van der Waals surface area contributed by atoms with Gasteiger partial charge in [0.2, 0.25) is 5.91 Å². The van der Waals surface area contributed by atoms with Gasteiger partial charge in [0.1, 0.15) is 12.9 Å². The van der Waals surface area contributed by atoms with Gasteiger partial charge in [0.05, 0.1) is 6.54 Å². The van der Waals surface area contributed by atoms with Crippen molar-refractivity contribution in [2.75, 3.05) is 0 Å². The maximum atomic E-state index is 11.8. The lowest BCUT2D eigenvalue weighted by Gasteiger charge is -2.29. The Morgan fingerprint density at radius 2 is 2.38 bits per heavy atom. The fourth-order valence-electron chi connectivity index (χ4n) is 2.67. The summed E-state index contributed by atoms with van der Waals surface area (Å²) in [7, 11) is 0. The van der Waals surface area contributed by atoms with Gasteiger partial charge in [0.25, 0.3) is 0 Å². The fourth-order valence-corrected chi connectivity index (χ4v) is 3.80. The Bertz CT molecular complexity index is 632. The van der Waals surface area contributed by atoms with Crippen molar-refractivity contribution in [1.82, 2.24) is 25.5 Å². The molecule has 0 bridgehead atoms. The quantitative estimate of drug-likeness (QED) is 0.930. The average molecular weight is 305 g/mol. The van der Waals surface area contributed by atoms with Crippen molar-refractivity contribution >= 4 is 17.2 Å². The van der Waals surface area contributed by atoms with Gasteiger partial charge in [0.15, 0.2) is 0 Å². The van der Waals surface area contributed by atoms with Crippen LogP contribution in [0.1, 0.15) is 35.6 Å². The summed E-state index contributed by atoms with van der Waals surface area (Å²) < 4.78 is 1.41.